The molecule has 1 saturated carbocycles. The van der Waals surface area contributed by atoms with Crippen molar-refractivity contribution in [1.29, 1.82) is 0 Å². The number of pyridine rings is 1. The average molecular weight is 594 g/mol. The molecule has 1 aliphatic carbocycles. The average Bonchev–Trinajstić information content (AvgIpc) is 3.13. The highest BCUT2D eigenvalue weighted by molar-refractivity contribution is 7.98. The van der Waals surface area contributed by atoms with Crippen molar-refractivity contribution in [2.24, 2.45) is 5.92 Å². The Labute approximate surface area is 251 Å². The topological polar surface area (TPSA) is 83.7 Å². The summed E-state index contributed by atoms with van der Waals surface area (Å²) in [7, 11) is 4.26. The number of aryl methyl sites for hydroxylation is 1. The van der Waals surface area contributed by atoms with Crippen LogP contribution in [0.15, 0.2) is 46.1 Å². The van der Waals surface area contributed by atoms with Crippen LogP contribution < -0.4 is 20.3 Å². The van der Waals surface area contributed by atoms with Gasteiger partial charge >= 0.3 is 0 Å². The Morgan fingerprint density at radius 2 is 1.81 bits per heavy atom. The van der Waals surface area contributed by atoms with Crippen molar-refractivity contribution in [3.05, 3.63) is 75.0 Å². The second-order valence-corrected chi connectivity index (χ2v) is 12.7. The van der Waals surface area contributed by atoms with E-state index in [1.165, 1.54) is 23.9 Å². The molecule has 1 fully saturated rings. The third-order valence-corrected chi connectivity index (χ3v) is 9.58. The first-order valence-corrected chi connectivity index (χ1v) is 15.8. The lowest BCUT2D eigenvalue weighted by Gasteiger charge is -2.32. The molecule has 1 aliphatic heterocycles. The van der Waals surface area contributed by atoms with Gasteiger partial charge < -0.3 is 24.7 Å². The van der Waals surface area contributed by atoms with E-state index in [1.54, 1.807) is 18.2 Å². The van der Waals surface area contributed by atoms with E-state index in [2.05, 4.69) is 29.3 Å². The molecule has 5 rings (SSSR count). The Morgan fingerprint density at radius 1 is 1.10 bits per heavy atom. The molecule has 2 aromatic carbocycles. The zero-order valence-corrected chi connectivity index (χ0v) is 26.0. The third kappa shape index (κ3) is 5.95. The number of H-pyrrole nitrogens is 1. The van der Waals surface area contributed by atoms with Crippen LogP contribution in [0, 0.1) is 25.6 Å². The number of benzene rings is 2. The molecular weight excluding hydrogens is 553 g/mol. The molecule has 2 unspecified atom stereocenters. The van der Waals surface area contributed by atoms with E-state index < -0.39 is 5.79 Å². The van der Waals surface area contributed by atoms with Crippen molar-refractivity contribution in [2.75, 3.05) is 20.4 Å². The monoisotopic (exact) mass is 593 g/mol. The zero-order chi connectivity index (χ0) is 30.2. The molecule has 3 atom stereocenters. The number of amides is 1. The van der Waals surface area contributed by atoms with Crippen molar-refractivity contribution in [1.82, 2.24) is 15.2 Å². The number of aromatic nitrogens is 1. The first kappa shape index (κ1) is 30.2. The van der Waals surface area contributed by atoms with Crippen molar-refractivity contribution in [2.45, 2.75) is 76.1 Å². The van der Waals surface area contributed by atoms with Crippen LogP contribution in [0.4, 0.5) is 4.39 Å². The molecule has 224 valence electrons. The zero-order valence-electron chi connectivity index (χ0n) is 25.2. The van der Waals surface area contributed by atoms with Gasteiger partial charge in [0.25, 0.3) is 17.3 Å². The summed E-state index contributed by atoms with van der Waals surface area (Å²) >= 11 is 1.47. The van der Waals surface area contributed by atoms with Crippen molar-refractivity contribution in [3.63, 3.8) is 0 Å². The van der Waals surface area contributed by atoms with Crippen LogP contribution in [0.3, 0.4) is 0 Å². The maximum atomic E-state index is 13.9. The number of rotatable bonds is 7. The predicted molar refractivity (Wildman–Crippen MR) is 165 cm³/mol. The van der Waals surface area contributed by atoms with Crippen molar-refractivity contribution < 1.29 is 18.7 Å². The highest BCUT2D eigenvalue weighted by Gasteiger charge is 2.47. The van der Waals surface area contributed by atoms with Crippen molar-refractivity contribution in [3.8, 4) is 22.6 Å². The third-order valence-electron chi connectivity index (χ3n) is 8.78. The quantitative estimate of drug-likeness (QED) is 0.242. The molecule has 0 radical (unpaired) electrons. The summed E-state index contributed by atoms with van der Waals surface area (Å²) in [6.07, 6.45) is 7.13. The van der Waals surface area contributed by atoms with E-state index in [1.807, 2.05) is 33.1 Å². The Kier molecular flexibility index (Phi) is 8.71. The van der Waals surface area contributed by atoms with Crippen LogP contribution >= 0.6 is 11.8 Å². The van der Waals surface area contributed by atoms with Gasteiger partial charge in [-0.1, -0.05) is 18.6 Å². The van der Waals surface area contributed by atoms with Gasteiger partial charge in [-0.25, -0.2) is 4.39 Å². The van der Waals surface area contributed by atoms with Crippen LogP contribution in [0.2, 0.25) is 0 Å². The second-order valence-electron chi connectivity index (χ2n) is 11.8. The Hall–Kier alpha value is -3.30. The van der Waals surface area contributed by atoms with Gasteiger partial charge in [-0.3, -0.25) is 9.59 Å². The van der Waals surface area contributed by atoms with E-state index >= 15 is 0 Å². The van der Waals surface area contributed by atoms with Gasteiger partial charge in [0, 0.05) is 58.3 Å². The van der Waals surface area contributed by atoms with E-state index in [0.29, 0.717) is 39.8 Å². The number of thioether (sulfide) groups is 1. The van der Waals surface area contributed by atoms with Gasteiger partial charge in [0.15, 0.2) is 11.5 Å². The second kappa shape index (κ2) is 12.1. The maximum absolute atomic E-state index is 13.9. The lowest BCUT2D eigenvalue weighted by molar-refractivity contribution is -0.114. The number of halogens is 1. The fourth-order valence-electron chi connectivity index (χ4n) is 6.25. The molecule has 42 heavy (non-hydrogen) atoms. The largest absolute Gasteiger partial charge is 0.448 e. The molecule has 0 spiro atoms. The standard InChI is InChI=1S/C33H40FN3O4S/c1-19-16-28(42-6)27(32(39)36-19)18-35-31(38)25-17-26(21-10-13-23(34)14-11-21)30-29(20(25)2)40-33(3,41-30)22-8-7-9-24(15-12-22)37(4)5/h10-11,13-14,16-17,22,24H,7-9,12,15,18H2,1-6H3,(H,35,38)(H,36,39)/t22?,24-,33?/m1/s1. The molecule has 0 bridgehead atoms. The number of ether oxygens (including phenoxy) is 2. The van der Waals surface area contributed by atoms with Gasteiger partial charge in [-0.05, 0) is 89.7 Å². The summed E-state index contributed by atoms with van der Waals surface area (Å²) in [5.41, 5.74) is 3.54. The summed E-state index contributed by atoms with van der Waals surface area (Å²) in [6.45, 7) is 5.77. The molecule has 2 N–H and O–H groups in total. The fraction of sp³-hybridized carbons (Fsp3) is 0.455. The van der Waals surface area contributed by atoms with E-state index in [4.69, 9.17) is 9.47 Å². The summed E-state index contributed by atoms with van der Waals surface area (Å²) in [6, 6.07) is 10.4. The summed E-state index contributed by atoms with van der Waals surface area (Å²) in [4.78, 5) is 32.3. The van der Waals surface area contributed by atoms with Gasteiger partial charge in [0.1, 0.15) is 5.82 Å². The summed E-state index contributed by atoms with van der Waals surface area (Å²) in [5.74, 6) is -0.274. The number of carbonyl (C=O) groups is 1. The van der Waals surface area contributed by atoms with E-state index in [0.717, 1.165) is 48.3 Å². The lowest BCUT2D eigenvalue weighted by atomic mass is 9.91. The van der Waals surface area contributed by atoms with Crippen LogP contribution in [-0.2, 0) is 6.54 Å². The Morgan fingerprint density at radius 3 is 2.50 bits per heavy atom. The Bertz CT molecular complexity index is 1540. The minimum absolute atomic E-state index is 0.0806. The van der Waals surface area contributed by atoms with Gasteiger partial charge in [0.05, 0.1) is 0 Å². The molecule has 0 saturated heterocycles. The predicted octanol–water partition coefficient (Wildman–Crippen LogP) is 6.45. The number of hydrogen-bond donors (Lipinski definition) is 2. The number of fused-ring (bicyclic) bond motifs is 1. The lowest BCUT2D eigenvalue weighted by Crippen LogP contribution is -2.43. The number of nitrogens with zero attached hydrogens (tertiary/aromatic N) is 1. The van der Waals surface area contributed by atoms with Crippen LogP contribution in [0.1, 0.15) is 66.2 Å². The van der Waals surface area contributed by atoms with E-state index in [9.17, 15) is 14.0 Å². The van der Waals surface area contributed by atoms with Crippen molar-refractivity contribution >= 4 is 17.7 Å². The van der Waals surface area contributed by atoms with Crippen LogP contribution in [-0.4, -0.2) is 48.0 Å². The van der Waals surface area contributed by atoms with Crippen LogP contribution in [0.25, 0.3) is 11.1 Å². The normalized spacial score (nSPS) is 21.8. The first-order valence-electron chi connectivity index (χ1n) is 14.5. The SMILES string of the molecule is CSc1cc(C)[nH]c(=O)c1CNC(=O)c1cc(-c2ccc(F)cc2)c2c(c1C)OC(C)(C1CCC[C@@H](N(C)C)CC1)O2. The van der Waals surface area contributed by atoms with Gasteiger partial charge in [-0.15, -0.1) is 11.8 Å². The van der Waals surface area contributed by atoms with Gasteiger partial charge in [0.2, 0.25) is 0 Å². The van der Waals surface area contributed by atoms with Crippen LogP contribution in [0.5, 0.6) is 11.5 Å². The summed E-state index contributed by atoms with van der Waals surface area (Å²) < 4.78 is 27.2. The Balaban J connectivity index is 1.49. The highest BCUT2D eigenvalue weighted by atomic mass is 32.2. The smallest absolute Gasteiger partial charge is 0.254 e. The molecule has 2 aliphatic rings. The van der Waals surface area contributed by atoms with E-state index in [-0.39, 0.29) is 29.7 Å². The molecular formula is C33H40FN3O4S. The summed E-state index contributed by atoms with van der Waals surface area (Å²) in [5, 5.41) is 2.94. The number of nitrogens with one attached hydrogen (secondary N) is 2. The first-order chi connectivity index (χ1) is 20.0. The maximum Gasteiger partial charge on any atom is 0.254 e. The molecule has 9 heteroatoms. The molecule has 7 nitrogen and oxygen atoms in total. The molecule has 1 amide bonds. The fourth-order valence-corrected chi connectivity index (χ4v) is 6.96. The number of hydrogen-bond acceptors (Lipinski definition) is 6. The van der Waals surface area contributed by atoms with Gasteiger partial charge in [-0.2, -0.15) is 0 Å². The minimum Gasteiger partial charge on any atom is -0.448 e. The molecule has 2 heterocycles. The number of carbonyl (C=O) groups excluding carboxylic acids is 1. The minimum atomic E-state index is -0.888. The number of aromatic amines is 1. The molecule has 1 aromatic heterocycles. The molecule has 3 aromatic rings. The highest BCUT2D eigenvalue weighted by Crippen LogP contribution is 2.52.